The maximum Gasteiger partial charge on any atom is 0.411 e. The van der Waals surface area contributed by atoms with E-state index in [9.17, 15) is 14.4 Å². The molecule has 0 unspecified atom stereocenters. The second-order valence-corrected chi connectivity index (χ2v) is 8.69. The Hall–Kier alpha value is -4.14. The van der Waals surface area contributed by atoms with E-state index in [-0.39, 0.29) is 42.2 Å². The van der Waals surface area contributed by atoms with Gasteiger partial charge in [-0.25, -0.2) is 4.79 Å². The highest BCUT2D eigenvalue weighted by Gasteiger charge is 2.35. The van der Waals surface area contributed by atoms with Crippen LogP contribution in [0.5, 0.6) is 0 Å². The zero-order valence-corrected chi connectivity index (χ0v) is 18.6. The van der Waals surface area contributed by atoms with Gasteiger partial charge in [0.05, 0.1) is 12.1 Å². The number of carbonyl (C=O) groups is 3. The molecule has 0 atom stereocenters. The van der Waals surface area contributed by atoms with Crippen molar-refractivity contribution in [3.05, 3.63) is 71.5 Å². The molecular weight excluding hydrogens is 436 g/mol. The van der Waals surface area contributed by atoms with E-state index in [4.69, 9.17) is 9.84 Å². The first kappa shape index (κ1) is 21.7. The number of aliphatic carboxylic acids is 1. The van der Waals surface area contributed by atoms with Crippen LogP contribution < -0.4 is 5.32 Å². The van der Waals surface area contributed by atoms with Crippen LogP contribution in [0, 0.1) is 5.92 Å². The van der Waals surface area contributed by atoms with Crippen molar-refractivity contribution < 1.29 is 24.2 Å². The fourth-order valence-corrected chi connectivity index (χ4v) is 4.74. The normalized spacial score (nSPS) is 14.8. The monoisotopic (exact) mass is 460 g/mol. The second kappa shape index (κ2) is 8.66. The molecule has 2 aliphatic rings. The van der Waals surface area contributed by atoms with Gasteiger partial charge in [-0.1, -0.05) is 48.5 Å². The third kappa shape index (κ3) is 4.00. The van der Waals surface area contributed by atoms with Crippen molar-refractivity contribution in [3.8, 4) is 11.1 Å². The predicted molar refractivity (Wildman–Crippen MR) is 124 cm³/mol. The van der Waals surface area contributed by atoms with Crippen LogP contribution in [-0.4, -0.2) is 57.5 Å². The summed E-state index contributed by atoms with van der Waals surface area (Å²) in [5, 5.41) is 15.7. The van der Waals surface area contributed by atoms with Crippen molar-refractivity contribution in [2.75, 3.05) is 25.0 Å². The molecular formula is C25H24N4O5. The molecule has 1 aliphatic carbocycles. The molecule has 3 aromatic rings. The highest BCUT2D eigenvalue weighted by atomic mass is 16.5. The fraction of sp³-hybridized carbons (Fsp3) is 0.280. The molecule has 2 N–H and O–H groups in total. The number of benzene rings is 2. The summed E-state index contributed by atoms with van der Waals surface area (Å²) < 4.78 is 7.02. The van der Waals surface area contributed by atoms with Crippen LogP contribution in [0.3, 0.4) is 0 Å². The zero-order chi connectivity index (χ0) is 23.8. The van der Waals surface area contributed by atoms with E-state index in [1.54, 1.807) is 13.2 Å². The van der Waals surface area contributed by atoms with Gasteiger partial charge < -0.3 is 14.7 Å². The van der Waals surface area contributed by atoms with E-state index < -0.39 is 12.1 Å². The molecule has 2 aromatic carbocycles. The first-order valence-electron chi connectivity index (χ1n) is 11.1. The number of carboxylic acids is 1. The molecule has 34 heavy (non-hydrogen) atoms. The summed E-state index contributed by atoms with van der Waals surface area (Å²) in [5.41, 5.74) is 4.87. The number of hydrogen-bond acceptors (Lipinski definition) is 5. The van der Waals surface area contributed by atoms with Crippen LogP contribution >= 0.6 is 0 Å². The Labute approximate surface area is 195 Å². The van der Waals surface area contributed by atoms with Gasteiger partial charge in [-0.05, 0) is 22.3 Å². The molecule has 9 nitrogen and oxygen atoms in total. The summed E-state index contributed by atoms with van der Waals surface area (Å²) in [4.78, 5) is 37.8. The third-order valence-corrected chi connectivity index (χ3v) is 6.32. The van der Waals surface area contributed by atoms with E-state index in [1.165, 1.54) is 9.58 Å². The van der Waals surface area contributed by atoms with Crippen molar-refractivity contribution in [1.29, 1.82) is 0 Å². The van der Waals surface area contributed by atoms with E-state index in [1.807, 2.05) is 36.4 Å². The van der Waals surface area contributed by atoms with Crippen molar-refractivity contribution >= 4 is 23.7 Å². The molecule has 1 fully saturated rings. The summed E-state index contributed by atoms with van der Waals surface area (Å²) in [6, 6.07) is 16.2. The number of aromatic nitrogens is 2. The number of ether oxygens (including phenoxy) is 1. The van der Waals surface area contributed by atoms with E-state index in [0.29, 0.717) is 13.1 Å². The summed E-state index contributed by atoms with van der Waals surface area (Å²) in [5.74, 6) is -1.37. The Balaban J connectivity index is 1.24. The van der Waals surface area contributed by atoms with Crippen molar-refractivity contribution in [3.63, 3.8) is 0 Å². The van der Waals surface area contributed by atoms with E-state index in [0.717, 1.165) is 22.3 Å². The molecule has 1 saturated heterocycles. The lowest BCUT2D eigenvalue weighted by atomic mass is 9.96. The average molecular weight is 460 g/mol. The van der Waals surface area contributed by atoms with Crippen LogP contribution in [0.2, 0.25) is 0 Å². The van der Waals surface area contributed by atoms with Crippen LogP contribution in [0.1, 0.15) is 34.0 Å². The van der Waals surface area contributed by atoms with Crippen molar-refractivity contribution in [2.45, 2.75) is 12.3 Å². The summed E-state index contributed by atoms with van der Waals surface area (Å²) in [6.07, 6.45) is 0.899. The van der Waals surface area contributed by atoms with Crippen LogP contribution in [0.4, 0.5) is 10.5 Å². The van der Waals surface area contributed by atoms with Crippen LogP contribution in [-0.2, 0) is 16.6 Å². The molecule has 0 radical (unpaired) electrons. The van der Waals surface area contributed by atoms with Gasteiger partial charge in [0, 0.05) is 38.2 Å². The minimum Gasteiger partial charge on any atom is -0.481 e. The Bertz CT molecular complexity index is 1230. The number of likely N-dealkylation sites (tertiary alicyclic amines) is 1. The van der Waals surface area contributed by atoms with Gasteiger partial charge >= 0.3 is 12.1 Å². The molecule has 2 heterocycles. The van der Waals surface area contributed by atoms with Crippen LogP contribution in [0.15, 0.2) is 54.7 Å². The van der Waals surface area contributed by atoms with Gasteiger partial charge in [0.2, 0.25) is 0 Å². The van der Waals surface area contributed by atoms with Gasteiger partial charge in [0.25, 0.3) is 5.91 Å². The number of carboxylic acid groups (broad SMARTS) is 1. The highest BCUT2D eigenvalue weighted by molar-refractivity contribution is 6.01. The molecule has 1 aromatic heterocycles. The molecule has 2 amide bonds. The summed E-state index contributed by atoms with van der Waals surface area (Å²) >= 11 is 0. The predicted octanol–water partition coefficient (Wildman–Crippen LogP) is 3.33. The number of rotatable bonds is 6. The number of anilines is 1. The number of hydrogen-bond donors (Lipinski definition) is 2. The molecule has 0 saturated carbocycles. The Morgan fingerprint density at radius 2 is 1.68 bits per heavy atom. The van der Waals surface area contributed by atoms with Gasteiger partial charge in [-0.3, -0.25) is 19.6 Å². The number of amides is 2. The number of fused-ring (bicyclic) bond motifs is 3. The minimum atomic E-state index is -0.882. The first-order valence-corrected chi connectivity index (χ1v) is 11.1. The quantitative estimate of drug-likeness (QED) is 0.583. The Morgan fingerprint density at radius 3 is 2.29 bits per heavy atom. The Kier molecular flexibility index (Phi) is 5.53. The third-order valence-electron chi connectivity index (χ3n) is 6.32. The van der Waals surface area contributed by atoms with E-state index in [2.05, 4.69) is 22.5 Å². The zero-order valence-electron chi connectivity index (χ0n) is 18.6. The summed E-state index contributed by atoms with van der Waals surface area (Å²) in [6.45, 7) is 0.866. The lowest BCUT2D eigenvalue weighted by Gasteiger charge is -2.38. The average Bonchev–Trinajstić information content (AvgIpc) is 3.31. The topological polar surface area (TPSA) is 114 Å². The summed E-state index contributed by atoms with van der Waals surface area (Å²) in [7, 11) is 1.66. The largest absolute Gasteiger partial charge is 0.481 e. The number of aryl methyl sites for hydroxylation is 1. The van der Waals surface area contributed by atoms with Gasteiger partial charge in [-0.15, -0.1) is 0 Å². The number of carbonyl (C=O) groups excluding carboxylic acids is 2. The van der Waals surface area contributed by atoms with Crippen molar-refractivity contribution in [2.24, 2.45) is 13.0 Å². The second-order valence-electron chi connectivity index (χ2n) is 8.69. The molecule has 0 spiro atoms. The lowest BCUT2D eigenvalue weighted by Crippen LogP contribution is -2.50. The highest BCUT2D eigenvalue weighted by Crippen LogP contribution is 2.44. The molecule has 1 aliphatic heterocycles. The fourth-order valence-electron chi connectivity index (χ4n) is 4.74. The smallest absolute Gasteiger partial charge is 0.411 e. The Morgan fingerprint density at radius 1 is 1.06 bits per heavy atom. The number of nitrogens with zero attached hydrogens (tertiary/aromatic N) is 3. The molecule has 5 rings (SSSR count). The SMILES string of the molecule is Cn1cc(NC(=O)OCC2c3ccccc3-c3ccccc32)c(C(=O)N2CC(CC(=O)O)C2)n1. The lowest BCUT2D eigenvalue weighted by molar-refractivity contribution is -0.139. The van der Waals surface area contributed by atoms with Gasteiger partial charge in [-0.2, -0.15) is 5.10 Å². The standard InChI is InChI=1S/C25H24N4O5/c1-28-13-21(23(27-28)24(32)29-11-15(12-29)10-22(30)31)26-25(33)34-14-20-18-8-4-2-6-16(18)17-7-3-5-9-19(17)20/h2-9,13,15,20H,10-12,14H2,1H3,(H,26,33)(H,30,31). The van der Waals surface area contributed by atoms with Gasteiger partial charge in [0.15, 0.2) is 5.69 Å². The maximum atomic E-state index is 12.8. The molecule has 0 bridgehead atoms. The van der Waals surface area contributed by atoms with Crippen molar-refractivity contribution in [1.82, 2.24) is 14.7 Å². The first-order chi connectivity index (χ1) is 16.4. The van der Waals surface area contributed by atoms with E-state index >= 15 is 0 Å². The number of nitrogens with one attached hydrogen (secondary N) is 1. The molecule has 9 heteroatoms. The minimum absolute atomic E-state index is 0.0247. The maximum absolute atomic E-state index is 12.8. The van der Waals surface area contributed by atoms with Gasteiger partial charge in [0.1, 0.15) is 6.61 Å². The molecule has 174 valence electrons. The van der Waals surface area contributed by atoms with Crippen LogP contribution in [0.25, 0.3) is 11.1 Å².